The third-order valence-corrected chi connectivity index (χ3v) is 4.99. The summed E-state index contributed by atoms with van der Waals surface area (Å²) in [6.07, 6.45) is 6.64. The standard InChI is InChI=1S/C10H25NSi/c1-5-6-7-8-9-10(11)12(2,3)4/h10H,5-9,11H2,1-4H3. The normalized spacial score (nSPS) is 14.8. The van der Waals surface area contributed by atoms with Gasteiger partial charge in [0.25, 0.3) is 0 Å². The van der Waals surface area contributed by atoms with Crippen LogP contribution in [0.5, 0.6) is 0 Å². The zero-order chi connectivity index (χ0) is 9.61. The third-order valence-electron chi connectivity index (χ3n) is 2.48. The zero-order valence-corrected chi connectivity index (χ0v) is 10.2. The molecule has 0 aliphatic rings. The van der Waals surface area contributed by atoms with Crippen LogP contribution < -0.4 is 5.73 Å². The van der Waals surface area contributed by atoms with Crippen LogP contribution in [0, 0.1) is 0 Å². The van der Waals surface area contributed by atoms with Gasteiger partial charge in [-0.15, -0.1) is 0 Å². The summed E-state index contributed by atoms with van der Waals surface area (Å²) in [5, 5.41) is 0. The minimum Gasteiger partial charge on any atom is -0.330 e. The summed E-state index contributed by atoms with van der Waals surface area (Å²) in [6.45, 7) is 9.32. The fourth-order valence-electron chi connectivity index (χ4n) is 1.22. The highest BCUT2D eigenvalue weighted by Gasteiger charge is 2.21. The maximum absolute atomic E-state index is 6.09. The van der Waals surface area contributed by atoms with E-state index in [1.807, 2.05) is 0 Å². The molecule has 0 amide bonds. The third kappa shape index (κ3) is 5.78. The number of hydrogen-bond acceptors (Lipinski definition) is 1. The molecule has 2 N–H and O–H groups in total. The molecule has 74 valence electrons. The van der Waals surface area contributed by atoms with Gasteiger partial charge in [0, 0.05) is 0 Å². The Balaban J connectivity index is 3.38. The van der Waals surface area contributed by atoms with Gasteiger partial charge in [-0.3, -0.25) is 0 Å². The highest BCUT2D eigenvalue weighted by atomic mass is 28.3. The van der Waals surface area contributed by atoms with Crippen molar-refractivity contribution in [2.24, 2.45) is 5.73 Å². The molecule has 0 bridgehead atoms. The van der Waals surface area contributed by atoms with Crippen LogP contribution in [0.1, 0.15) is 39.0 Å². The molecule has 0 heterocycles. The molecule has 0 spiro atoms. The van der Waals surface area contributed by atoms with Crippen LogP contribution in [-0.4, -0.2) is 13.7 Å². The fraction of sp³-hybridized carbons (Fsp3) is 1.00. The lowest BCUT2D eigenvalue weighted by atomic mass is 10.1. The van der Waals surface area contributed by atoms with Gasteiger partial charge >= 0.3 is 0 Å². The molecule has 0 aromatic rings. The van der Waals surface area contributed by atoms with Crippen LogP contribution >= 0.6 is 0 Å². The van der Waals surface area contributed by atoms with Gasteiger partial charge in [-0.1, -0.05) is 52.2 Å². The predicted molar refractivity (Wildman–Crippen MR) is 60.1 cm³/mol. The van der Waals surface area contributed by atoms with Crippen molar-refractivity contribution in [2.75, 3.05) is 0 Å². The van der Waals surface area contributed by atoms with E-state index in [-0.39, 0.29) is 0 Å². The molecule has 0 radical (unpaired) electrons. The molecule has 0 aromatic carbocycles. The quantitative estimate of drug-likeness (QED) is 0.502. The number of nitrogens with two attached hydrogens (primary N) is 1. The summed E-state index contributed by atoms with van der Waals surface area (Å²) in [5.74, 6) is 0. The van der Waals surface area contributed by atoms with Gasteiger partial charge in [0.2, 0.25) is 0 Å². The average Bonchev–Trinajstić information content (AvgIpc) is 1.96. The van der Waals surface area contributed by atoms with Crippen molar-refractivity contribution in [2.45, 2.75) is 64.3 Å². The smallest absolute Gasteiger partial charge is 0.0632 e. The lowest BCUT2D eigenvalue weighted by molar-refractivity contribution is 0.612. The minimum absolute atomic E-state index is 0.509. The van der Waals surface area contributed by atoms with Gasteiger partial charge in [0.15, 0.2) is 0 Å². The molecule has 1 unspecified atom stereocenters. The molecule has 0 aromatic heterocycles. The van der Waals surface area contributed by atoms with E-state index in [1.54, 1.807) is 0 Å². The van der Waals surface area contributed by atoms with Gasteiger partial charge in [0.05, 0.1) is 8.07 Å². The fourth-order valence-corrected chi connectivity index (χ4v) is 2.29. The first-order valence-corrected chi connectivity index (χ1v) is 8.81. The van der Waals surface area contributed by atoms with Gasteiger partial charge in [-0.25, -0.2) is 0 Å². The molecular weight excluding hydrogens is 162 g/mol. The second-order valence-electron chi connectivity index (χ2n) is 4.82. The summed E-state index contributed by atoms with van der Waals surface area (Å²) >= 11 is 0. The monoisotopic (exact) mass is 187 g/mol. The molecule has 0 aliphatic carbocycles. The Morgan fingerprint density at radius 1 is 1.08 bits per heavy atom. The van der Waals surface area contributed by atoms with Crippen LogP contribution in [0.25, 0.3) is 0 Å². The van der Waals surface area contributed by atoms with Crippen LogP contribution in [0.15, 0.2) is 0 Å². The Bertz CT molecular complexity index is 107. The van der Waals surface area contributed by atoms with E-state index >= 15 is 0 Å². The first-order chi connectivity index (χ1) is 5.48. The number of rotatable bonds is 6. The van der Waals surface area contributed by atoms with Crippen molar-refractivity contribution in [1.82, 2.24) is 0 Å². The van der Waals surface area contributed by atoms with E-state index in [9.17, 15) is 0 Å². The summed E-state index contributed by atoms with van der Waals surface area (Å²) in [4.78, 5) is 0. The Morgan fingerprint density at radius 2 is 1.67 bits per heavy atom. The van der Waals surface area contributed by atoms with E-state index in [0.717, 1.165) is 0 Å². The maximum atomic E-state index is 6.09. The molecule has 2 heteroatoms. The molecule has 1 atom stereocenters. The Morgan fingerprint density at radius 3 is 2.08 bits per heavy atom. The van der Waals surface area contributed by atoms with Gasteiger partial charge in [-0.05, 0) is 12.1 Å². The predicted octanol–water partition coefficient (Wildman–Crippen LogP) is 3.16. The molecule has 0 fully saturated rings. The van der Waals surface area contributed by atoms with Crippen LogP contribution in [-0.2, 0) is 0 Å². The van der Waals surface area contributed by atoms with Crippen molar-refractivity contribution >= 4 is 8.07 Å². The number of unbranched alkanes of at least 4 members (excludes halogenated alkanes) is 3. The summed E-state index contributed by atoms with van der Waals surface area (Å²) in [7, 11) is -1.04. The molecule has 0 saturated carbocycles. The van der Waals surface area contributed by atoms with Gasteiger partial charge in [0.1, 0.15) is 0 Å². The maximum Gasteiger partial charge on any atom is 0.0632 e. The summed E-state index contributed by atoms with van der Waals surface area (Å²) in [6, 6.07) is 0. The van der Waals surface area contributed by atoms with Crippen LogP contribution in [0.4, 0.5) is 0 Å². The highest BCUT2D eigenvalue weighted by molar-refractivity contribution is 6.77. The largest absolute Gasteiger partial charge is 0.330 e. The SMILES string of the molecule is CCCCCCC(N)[Si](C)(C)C. The second kappa shape index (κ2) is 5.76. The Kier molecular flexibility index (Phi) is 5.84. The van der Waals surface area contributed by atoms with Crippen molar-refractivity contribution in [3.63, 3.8) is 0 Å². The van der Waals surface area contributed by atoms with Gasteiger partial charge < -0.3 is 5.73 Å². The molecule has 0 saturated heterocycles. The second-order valence-corrected chi connectivity index (χ2v) is 10.3. The summed E-state index contributed by atoms with van der Waals surface area (Å²) < 4.78 is 0. The first kappa shape index (κ1) is 12.2. The topological polar surface area (TPSA) is 26.0 Å². The van der Waals surface area contributed by atoms with E-state index in [1.165, 1.54) is 32.1 Å². The molecule has 0 aliphatic heterocycles. The lowest BCUT2D eigenvalue weighted by Gasteiger charge is -2.24. The van der Waals surface area contributed by atoms with Crippen LogP contribution in [0.3, 0.4) is 0 Å². The molecule has 0 rings (SSSR count). The lowest BCUT2D eigenvalue weighted by Crippen LogP contribution is -2.44. The minimum atomic E-state index is -1.04. The van der Waals surface area contributed by atoms with E-state index in [2.05, 4.69) is 26.6 Å². The van der Waals surface area contributed by atoms with Crippen molar-refractivity contribution in [3.05, 3.63) is 0 Å². The highest BCUT2D eigenvalue weighted by Crippen LogP contribution is 2.12. The number of hydrogen-bond donors (Lipinski definition) is 1. The summed E-state index contributed by atoms with van der Waals surface area (Å²) in [5.41, 5.74) is 6.60. The average molecular weight is 187 g/mol. The van der Waals surface area contributed by atoms with Crippen molar-refractivity contribution in [1.29, 1.82) is 0 Å². The zero-order valence-electron chi connectivity index (χ0n) is 9.19. The first-order valence-electron chi connectivity index (χ1n) is 5.24. The molecule has 1 nitrogen and oxygen atoms in total. The van der Waals surface area contributed by atoms with Crippen LogP contribution in [0.2, 0.25) is 19.6 Å². The van der Waals surface area contributed by atoms with E-state index in [4.69, 9.17) is 5.73 Å². The van der Waals surface area contributed by atoms with E-state index < -0.39 is 8.07 Å². The van der Waals surface area contributed by atoms with Crippen molar-refractivity contribution < 1.29 is 0 Å². The van der Waals surface area contributed by atoms with Gasteiger partial charge in [-0.2, -0.15) is 0 Å². The van der Waals surface area contributed by atoms with Crippen molar-refractivity contribution in [3.8, 4) is 0 Å². The molecular formula is C10H25NSi. The molecule has 12 heavy (non-hydrogen) atoms. The Labute approximate surface area is 78.7 Å². The Hall–Kier alpha value is 0.177. The van der Waals surface area contributed by atoms with E-state index in [0.29, 0.717) is 5.67 Å².